The first kappa shape index (κ1) is 17.1. The van der Waals surface area contributed by atoms with Crippen molar-refractivity contribution in [1.82, 2.24) is 4.90 Å². The average Bonchev–Trinajstić information content (AvgIpc) is 3.19. The Balaban J connectivity index is 1.70. The van der Waals surface area contributed by atoms with E-state index in [1.54, 1.807) is 23.1 Å². The summed E-state index contributed by atoms with van der Waals surface area (Å²) in [4.78, 5) is 15.2. The molecule has 0 N–H and O–H groups in total. The van der Waals surface area contributed by atoms with Crippen molar-refractivity contribution in [3.05, 3.63) is 50.1 Å². The monoisotopic (exact) mass is 383 g/mol. The topological polar surface area (TPSA) is 38.8 Å². The third kappa shape index (κ3) is 3.86. The number of fused-ring (bicyclic) bond motifs is 1. The third-order valence-corrected chi connectivity index (χ3v) is 5.03. The molecule has 0 bridgehead atoms. The van der Waals surface area contributed by atoms with Crippen LogP contribution in [-0.2, 0) is 11.3 Å². The first-order valence-electron chi connectivity index (χ1n) is 7.37. The normalized spacial score (nSPS) is 12.8. The van der Waals surface area contributed by atoms with Gasteiger partial charge in [-0.15, -0.1) is 11.3 Å². The Morgan fingerprint density at radius 1 is 1.33 bits per heavy atom. The van der Waals surface area contributed by atoms with Gasteiger partial charge in [0.05, 0.1) is 15.9 Å². The molecule has 1 aliphatic heterocycles. The van der Waals surface area contributed by atoms with E-state index in [9.17, 15) is 4.79 Å². The summed E-state index contributed by atoms with van der Waals surface area (Å²) in [6, 6.07) is 7.32. The summed E-state index contributed by atoms with van der Waals surface area (Å²) in [5.74, 6) is 1.07. The van der Waals surface area contributed by atoms with E-state index in [1.807, 2.05) is 19.1 Å². The van der Waals surface area contributed by atoms with Gasteiger partial charge in [0.25, 0.3) is 0 Å². The van der Waals surface area contributed by atoms with E-state index in [0.29, 0.717) is 29.6 Å². The van der Waals surface area contributed by atoms with E-state index in [2.05, 4.69) is 0 Å². The standard InChI is InChI=1S/C17H15Cl2NO3S/c1-2-20(9-12-4-5-15(19)24-12)16(21)6-3-11-7-13(18)17-14(8-11)22-10-23-17/h3-8H,2,9-10H2,1H3. The quantitative estimate of drug-likeness (QED) is 0.692. The fraction of sp³-hybridized carbons (Fsp3) is 0.235. The Morgan fingerprint density at radius 3 is 2.88 bits per heavy atom. The molecule has 0 aliphatic carbocycles. The number of ether oxygens (including phenoxy) is 2. The van der Waals surface area contributed by atoms with Crippen molar-refractivity contribution in [3.63, 3.8) is 0 Å². The van der Waals surface area contributed by atoms with E-state index < -0.39 is 0 Å². The van der Waals surface area contributed by atoms with Crippen LogP contribution in [-0.4, -0.2) is 24.1 Å². The van der Waals surface area contributed by atoms with Gasteiger partial charge in [-0.3, -0.25) is 4.79 Å². The summed E-state index contributed by atoms with van der Waals surface area (Å²) < 4.78 is 11.3. The van der Waals surface area contributed by atoms with Crippen molar-refractivity contribution in [2.75, 3.05) is 13.3 Å². The number of carbonyl (C=O) groups excluding carboxylic acids is 1. The molecule has 0 radical (unpaired) electrons. The van der Waals surface area contributed by atoms with Crippen molar-refractivity contribution >= 4 is 46.5 Å². The molecule has 126 valence electrons. The molecule has 3 rings (SSSR count). The highest BCUT2D eigenvalue weighted by Gasteiger charge is 2.18. The van der Waals surface area contributed by atoms with Gasteiger partial charge in [-0.1, -0.05) is 23.2 Å². The first-order valence-corrected chi connectivity index (χ1v) is 8.94. The zero-order valence-electron chi connectivity index (χ0n) is 12.9. The molecule has 4 nitrogen and oxygen atoms in total. The molecule has 1 aromatic carbocycles. The van der Waals surface area contributed by atoms with Crippen LogP contribution in [0.2, 0.25) is 9.36 Å². The number of amides is 1. The highest BCUT2D eigenvalue weighted by atomic mass is 35.5. The number of carbonyl (C=O) groups is 1. The highest BCUT2D eigenvalue weighted by molar-refractivity contribution is 7.16. The summed E-state index contributed by atoms with van der Waals surface area (Å²) >= 11 is 13.6. The van der Waals surface area contributed by atoms with Crippen molar-refractivity contribution in [2.45, 2.75) is 13.5 Å². The van der Waals surface area contributed by atoms with Crippen molar-refractivity contribution in [3.8, 4) is 11.5 Å². The number of benzene rings is 1. The minimum Gasteiger partial charge on any atom is -0.454 e. The van der Waals surface area contributed by atoms with Gasteiger partial charge in [0, 0.05) is 17.5 Å². The lowest BCUT2D eigenvalue weighted by atomic mass is 10.2. The molecule has 1 aliphatic rings. The number of likely N-dealkylation sites (N-methyl/N-ethyl adjacent to an activating group) is 1. The molecular weight excluding hydrogens is 369 g/mol. The van der Waals surface area contributed by atoms with Crippen molar-refractivity contribution < 1.29 is 14.3 Å². The second-order valence-electron chi connectivity index (χ2n) is 5.13. The second kappa shape index (κ2) is 7.47. The van der Waals surface area contributed by atoms with Gasteiger partial charge in [0.1, 0.15) is 0 Å². The molecule has 1 amide bonds. The van der Waals surface area contributed by atoms with E-state index in [4.69, 9.17) is 32.7 Å². The van der Waals surface area contributed by atoms with Crippen LogP contribution in [0, 0.1) is 0 Å². The minimum absolute atomic E-state index is 0.0733. The van der Waals surface area contributed by atoms with Crippen LogP contribution in [0.5, 0.6) is 11.5 Å². The van der Waals surface area contributed by atoms with Crippen LogP contribution < -0.4 is 9.47 Å². The molecule has 0 unspecified atom stereocenters. The fourth-order valence-electron chi connectivity index (χ4n) is 2.33. The Labute approximate surface area is 154 Å². The Hall–Kier alpha value is -1.69. The first-order chi connectivity index (χ1) is 11.6. The predicted octanol–water partition coefficient (Wildman–Crippen LogP) is 4.85. The lowest BCUT2D eigenvalue weighted by molar-refractivity contribution is -0.126. The number of thiophene rings is 1. The molecule has 0 fully saturated rings. The fourth-order valence-corrected chi connectivity index (χ4v) is 3.70. The predicted molar refractivity (Wildman–Crippen MR) is 97.0 cm³/mol. The Kier molecular flexibility index (Phi) is 5.33. The molecule has 2 aromatic rings. The van der Waals surface area contributed by atoms with Gasteiger partial charge in [0.15, 0.2) is 11.5 Å². The molecule has 0 saturated carbocycles. The molecule has 7 heteroatoms. The summed E-state index contributed by atoms with van der Waals surface area (Å²) in [6.45, 7) is 3.26. The van der Waals surface area contributed by atoms with Crippen LogP contribution in [0.4, 0.5) is 0 Å². The minimum atomic E-state index is -0.0733. The summed E-state index contributed by atoms with van der Waals surface area (Å²) in [5.41, 5.74) is 0.785. The average molecular weight is 384 g/mol. The number of hydrogen-bond donors (Lipinski definition) is 0. The van der Waals surface area contributed by atoms with Gasteiger partial charge in [-0.2, -0.15) is 0 Å². The number of halogens is 2. The molecular formula is C17H15Cl2NO3S. The molecule has 0 atom stereocenters. The molecule has 24 heavy (non-hydrogen) atoms. The van der Waals surface area contributed by atoms with Gasteiger partial charge >= 0.3 is 0 Å². The van der Waals surface area contributed by atoms with Crippen LogP contribution >= 0.6 is 34.5 Å². The van der Waals surface area contributed by atoms with E-state index in [1.165, 1.54) is 17.4 Å². The van der Waals surface area contributed by atoms with Crippen LogP contribution in [0.15, 0.2) is 30.3 Å². The van der Waals surface area contributed by atoms with Crippen LogP contribution in [0.25, 0.3) is 6.08 Å². The van der Waals surface area contributed by atoms with E-state index in [0.717, 1.165) is 14.8 Å². The molecule has 0 spiro atoms. The maximum Gasteiger partial charge on any atom is 0.246 e. The Bertz CT molecular complexity index is 788. The highest BCUT2D eigenvalue weighted by Crippen LogP contribution is 2.40. The lowest BCUT2D eigenvalue weighted by Gasteiger charge is -2.18. The maximum absolute atomic E-state index is 12.4. The summed E-state index contributed by atoms with van der Waals surface area (Å²) in [6.07, 6.45) is 3.26. The molecule has 1 aromatic heterocycles. The van der Waals surface area contributed by atoms with Gasteiger partial charge in [-0.05, 0) is 42.8 Å². The SMILES string of the molecule is CCN(Cc1ccc(Cl)s1)C(=O)C=Cc1cc(Cl)c2c(c1)OCO2. The van der Waals surface area contributed by atoms with Crippen LogP contribution in [0.1, 0.15) is 17.4 Å². The molecule has 2 heterocycles. The van der Waals surface area contributed by atoms with Gasteiger partial charge < -0.3 is 14.4 Å². The zero-order chi connectivity index (χ0) is 17.1. The second-order valence-corrected chi connectivity index (χ2v) is 7.33. The van der Waals surface area contributed by atoms with Gasteiger partial charge in [0.2, 0.25) is 12.7 Å². The smallest absolute Gasteiger partial charge is 0.246 e. The number of rotatable bonds is 5. The number of nitrogens with zero attached hydrogens (tertiary/aromatic N) is 1. The summed E-state index contributed by atoms with van der Waals surface area (Å²) in [5, 5.41) is 0.470. The number of hydrogen-bond acceptors (Lipinski definition) is 4. The van der Waals surface area contributed by atoms with Crippen molar-refractivity contribution in [1.29, 1.82) is 0 Å². The van der Waals surface area contributed by atoms with E-state index >= 15 is 0 Å². The van der Waals surface area contributed by atoms with Crippen LogP contribution in [0.3, 0.4) is 0 Å². The lowest BCUT2D eigenvalue weighted by Crippen LogP contribution is -2.28. The third-order valence-electron chi connectivity index (χ3n) is 3.54. The zero-order valence-corrected chi connectivity index (χ0v) is 15.2. The maximum atomic E-state index is 12.4. The van der Waals surface area contributed by atoms with E-state index in [-0.39, 0.29) is 12.7 Å². The Morgan fingerprint density at radius 2 is 2.17 bits per heavy atom. The van der Waals surface area contributed by atoms with Gasteiger partial charge in [-0.25, -0.2) is 0 Å². The van der Waals surface area contributed by atoms with Crippen molar-refractivity contribution in [2.24, 2.45) is 0 Å². The largest absolute Gasteiger partial charge is 0.454 e. The molecule has 0 saturated heterocycles. The summed E-state index contributed by atoms with van der Waals surface area (Å²) in [7, 11) is 0.